The van der Waals surface area contributed by atoms with Crippen LogP contribution in [0.2, 0.25) is 5.02 Å². The molecule has 0 N–H and O–H groups in total. The smallest absolute Gasteiger partial charge is 0.147 e. The van der Waals surface area contributed by atoms with Crippen LogP contribution in [0.1, 0.15) is 18.4 Å². The summed E-state index contributed by atoms with van der Waals surface area (Å²) in [4.78, 5) is 6.46. The summed E-state index contributed by atoms with van der Waals surface area (Å²) in [6, 6.07) is 3.71. The Balaban J connectivity index is 2.04. The third-order valence-corrected chi connectivity index (χ3v) is 3.55. The lowest BCUT2D eigenvalue weighted by Crippen LogP contribution is -2.35. The minimum absolute atomic E-state index is 0.498. The first-order valence-electron chi connectivity index (χ1n) is 6.04. The quantitative estimate of drug-likeness (QED) is 0.842. The van der Waals surface area contributed by atoms with E-state index in [0.29, 0.717) is 16.5 Å². The van der Waals surface area contributed by atoms with Crippen LogP contribution in [0.3, 0.4) is 0 Å². The van der Waals surface area contributed by atoms with Gasteiger partial charge in [0.1, 0.15) is 11.9 Å². The van der Waals surface area contributed by atoms with E-state index in [4.69, 9.17) is 21.6 Å². The van der Waals surface area contributed by atoms with Crippen molar-refractivity contribution in [2.45, 2.75) is 12.8 Å². The average molecular weight is 266 g/mol. The molecule has 1 aromatic heterocycles. The molecule has 1 fully saturated rings. The number of hydrogen-bond acceptors (Lipinski definition) is 4. The molecule has 1 aromatic rings. The summed E-state index contributed by atoms with van der Waals surface area (Å²) in [5.74, 6) is 1.41. The molecule has 0 bridgehead atoms. The van der Waals surface area contributed by atoms with E-state index in [1.807, 2.05) is 6.07 Å². The normalized spacial score (nSPS) is 16.6. The topological polar surface area (TPSA) is 49.1 Å². The number of aromatic nitrogens is 1. The van der Waals surface area contributed by atoms with Gasteiger partial charge in [-0.2, -0.15) is 5.26 Å². The lowest BCUT2D eigenvalue weighted by Gasteiger charge is -2.32. The summed E-state index contributed by atoms with van der Waals surface area (Å²) in [6.45, 7) is 2.70. The first-order valence-corrected chi connectivity index (χ1v) is 6.42. The molecular weight excluding hydrogens is 250 g/mol. The monoisotopic (exact) mass is 265 g/mol. The van der Waals surface area contributed by atoms with Crippen LogP contribution in [0.15, 0.2) is 12.3 Å². The van der Waals surface area contributed by atoms with Crippen LogP contribution in [0, 0.1) is 17.2 Å². The van der Waals surface area contributed by atoms with Crippen LogP contribution in [0.5, 0.6) is 0 Å². The molecule has 0 aromatic carbocycles. The third-order valence-electron chi connectivity index (χ3n) is 3.27. The van der Waals surface area contributed by atoms with Gasteiger partial charge in [-0.05, 0) is 24.8 Å². The molecule has 1 aliphatic heterocycles. The van der Waals surface area contributed by atoms with Gasteiger partial charge in [0.15, 0.2) is 0 Å². The Bertz CT molecular complexity index is 450. The summed E-state index contributed by atoms with van der Waals surface area (Å²) in [7, 11) is 1.74. The molecule has 0 aliphatic carbocycles. The molecule has 2 heterocycles. The maximum Gasteiger partial charge on any atom is 0.147 e. The highest BCUT2D eigenvalue weighted by Gasteiger charge is 2.21. The molecule has 4 nitrogen and oxygen atoms in total. The fraction of sp³-hybridized carbons (Fsp3) is 0.538. The van der Waals surface area contributed by atoms with E-state index < -0.39 is 0 Å². The molecule has 0 saturated carbocycles. The molecule has 2 rings (SSSR count). The number of anilines is 1. The molecule has 1 saturated heterocycles. The number of nitrogens with zero attached hydrogens (tertiary/aromatic N) is 3. The van der Waals surface area contributed by atoms with Gasteiger partial charge in [-0.15, -0.1) is 0 Å². The van der Waals surface area contributed by atoms with E-state index in [-0.39, 0.29) is 0 Å². The van der Waals surface area contributed by atoms with Gasteiger partial charge in [0, 0.05) is 33.0 Å². The van der Waals surface area contributed by atoms with Crippen LogP contribution in [-0.2, 0) is 4.74 Å². The zero-order valence-corrected chi connectivity index (χ0v) is 11.2. The predicted octanol–water partition coefficient (Wildman–Crippen LogP) is 2.47. The van der Waals surface area contributed by atoms with Gasteiger partial charge in [-0.3, -0.25) is 0 Å². The summed E-state index contributed by atoms with van der Waals surface area (Å²) < 4.78 is 5.18. The van der Waals surface area contributed by atoms with Gasteiger partial charge >= 0.3 is 0 Å². The van der Waals surface area contributed by atoms with Crippen molar-refractivity contribution in [1.29, 1.82) is 5.26 Å². The van der Waals surface area contributed by atoms with Gasteiger partial charge in [0.2, 0.25) is 0 Å². The fourth-order valence-corrected chi connectivity index (χ4v) is 2.56. The number of ether oxygens (including phenoxy) is 1. The van der Waals surface area contributed by atoms with Crippen molar-refractivity contribution in [1.82, 2.24) is 4.98 Å². The van der Waals surface area contributed by atoms with Crippen molar-refractivity contribution < 1.29 is 4.74 Å². The standard InChI is InChI=1S/C13H16ClN3O/c1-18-9-10-2-4-17(5-3-10)13-12(14)6-11(7-15)8-16-13/h6,8,10H,2-5,9H2,1H3. The highest BCUT2D eigenvalue weighted by atomic mass is 35.5. The van der Waals surface area contributed by atoms with E-state index in [0.717, 1.165) is 38.4 Å². The van der Waals surface area contributed by atoms with Crippen molar-refractivity contribution in [3.05, 3.63) is 22.8 Å². The number of piperidine rings is 1. The lowest BCUT2D eigenvalue weighted by molar-refractivity contribution is 0.139. The Morgan fingerprint density at radius 1 is 1.56 bits per heavy atom. The second-order valence-electron chi connectivity index (χ2n) is 4.53. The molecular formula is C13H16ClN3O. The Morgan fingerprint density at radius 3 is 2.83 bits per heavy atom. The molecule has 1 aliphatic rings. The minimum Gasteiger partial charge on any atom is -0.384 e. The molecule has 0 spiro atoms. The van der Waals surface area contributed by atoms with Crippen molar-refractivity contribution in [3.63, 3.8) is 0 Å². The van der Waals surface area contributed by atoms with Gasteiger partial charge in [0.05, 0.1) is 10.6 Å². The van der Waals surface area contributed by atoms with Crippen LogP contribution in [0.25, 0.3) is 0 Å². The van der Waals surface area contributed by atoms with Crippen LogP contribution in [0.4, 0.5) is 5.82 Å². The largest absolute Gasteiger partial charge is 0.384 e. The minimum atomic E-state index is 0.498. The first-order chi connectivity index (χ1) is 8.74. The molecule has 18 heavy (non-hydrogen) atoms. The van der Waals surface area contributed by atoms with Crippen LogP contribution >= 0.6 is 11.6 Å². The number of methoxy groups -OCH3 is 1. The van der Waals surface area contributed by atoms with Crippen molar-refractivity contribution in [2.24, 2.45) is 5.92 Å². The lowest BCUT2D eigenvalue weighted by atomic mass is 9.98. The molecule has 5 heteroatoms. The molecule has 0 unspecified atom stereocenters. The van der Waals surface area contributed by atoms with Crippen molar-refractivity contribution >= 4 is 17.4 Å². The van der Waals surface area contributed by atoms with E-state index in [9.17, 15) is 0 Å². The number of halogens is 1. The van der Waals surface area contributed by atoms with Crippen molar-refractivity contribution in [2.75, 3.05) is 31.7 Å². The average Bonchev–Trinajstić information content (AvgIpc) is 2.40. The second kappa shape index (κ2) is 6.03. The number of rotatable bonds is 3. The van der Waals surface area contributed by atoms with Crippen LogP contribution in [-0.4, -0.2) is 31.8 Å². The Labute approximate surface area is 112 Å². The Hall–Kier alpha value is -1.31. The van der Waals surface area contributed by atoms with Gasteiger partial charge < -0.3 is 9.64 Å². The zero-order chi connectivity index (χ0) is 13.0. The molecule has 0 atom stereocenters. The van der Waals surface area contributed by atoms with E-state index >= 15 is 0 Å². The maximum absolute atomic E-state index is 8.78. The second-order valence-corrected chi connectivity index (χ2v) is 4.93. The number of hydrogen-bond donors (Lipinski definition) is 0. The Morgan fingerprint density at radius 2 is 2.28 bits per heavy atom. The van der Waals surface area contributed by atoms with Gasteiger partial charge in [-0.25, -0.2) is 4.98 Å². The highest BCUT2D eigenvalue weighted by molar-refractivity contribution is 6.33. The first kappa shape index (κ1) is 13.1. The number of pyridine rings is 1. The molecule has 0 amide bonds. The van der Waals surface area contributed by atoms with Gasteiger partial charge in [-0.1, -0.05) is 11.6 Å². The third kappa shape index (κ3) is 2.92. The number of nitriles is 1. The Kier molecular flexibility index (Phi) is 4.40. The fourth-order valence-electron chi connectivity index (χ4n) is 2.27. The SMILES string of the molecule is COCC1CCN(c2ncc(C#N)cc2Cl)CC1. The summed E-state index contributed by atoms with van der Waals surface area (Å²) >= 11 is 6.16. The summed E-state index contributed by atoms with van der Waals surface area (Å²) in [5.41, 5.74) is 0.498. The zero-order valence-electron chi connectivity index (χ0n) is 10.4. The summed E-state index contributed by atoms with van der Waals surface area (Å²) in [5, 5.41) is 9.34. The van der Waals surface area contributed by atoms with Crippen LogP contribution < -0.4 is 4.90 Å². The van der Waals surface area contributed by atoms with Gasteiger partial charge in [0.25, 0.3) is 0 Å². The predicted molar refractivity (Wildman–Crippen MR) is 70.8 cm³/mol. The van der Waals surface area contributed by atoms with Crippen molar-refractivity contribution in [3.8, 4) is 6.07 Å². The van der Waals surface area contributed by atoms with E-state index in [1.54, 1.807) is 19.4 Å². The molecule has 96 valence electrons. The van der Waals surface area contributed by atoms with E-state index in [2.05, 4.69) is 9.88 Å². The maximum atomic E-state index is 8.78. The molecule has 0 radical (unpaired) electrons. The summed E-state index contributed by atoms with van der Waals surface area (Å²) in [6.07, 6.45) is 3.75. The highest BCUT2D eigenvalue weighted by Crippen LogP contribution is 2.28. The van der Waals surface area contributed by atoms with E-state index in [1.165, 1.54) is 0 Å².